The first kappa shape index (κ1) is 19.8. The number of nitrogen functional groups attached to an aromatic ring is 1. The minimum Gasteiger partial charge on any atom is -0.383 e. The Hall–Kier alpha value is -2.13. The molecule has 5 rings (SSSR count). The minimum atomic E-state index is -4.54. The van der Waals surface area contributed by atoms with E-state index in [4.69, 9.17) is 10.5 Å². The number of pyridine rings is 1. The van der Waals surface area contributed by atoms with Crippen molar-refractivity contribution >= 4 is 5.82 Å². The van der Waals surface area contributed by atoms with E-state index in [-0.39, 0.29) is 0 Å². The van der Waals surface area contributed by atoms with Crippen LogP contribution in [-0.2, 0) is 17.3 Å². The molecular formula is C21H26F3N5O. The summed E-state index contributed by atoms with van der Waals surface area (Å²) >= 11 is 0. The molecule has 30 heavy (non-hydrogen) atoms. The predicted molar refractivity (Wildman–Crippen MR) is 106 cm³/mol. The third-order valence-electron chi connectivity index (χ3n) is 6.85. The number of fused-ring (bicyclic) bond motifs is 1. The van der Waals surface area contributed by atoms with Gasteiger partial charge in [0.1, 0.15) is 11.6 Å². The number of aromatic nitrogens is 3. The lowest BCUT2D eigenvalue weighted by Crippen LogP contribution is -2.39. The van der Waals surface area contributed by atoms with E-state index in [1.165, 1.54) is 6.20 Å². The maximum Gasteiger partial charge on any atom is 0.419 e. The number of hydrogen-bond donors (Lipinski definition) is 1. The molecular weight excluding hydrogens is 395 g/mol. The van der Waals surface area contributed by atoms with Gasteiger partial charge in [-0.1, -0.05) is 6.92 Å². The average Bonchev–Trinajstić information content (AvgIpc) is 3.08. The number of likely N-dealkylation sites (tertiary alicyclic amines) is 1. The molecule has 2 aromatic heterocycles. The molecule has 4 heterocycles. The maximum atomic E-state index is 13.2. The van der Waals surface area contributed by atoms with Gasteiger partial charge in [-0.2, -0.15) is 13.2 Å². The van der Waals surface area contributed by atoms with Crippen molar-refractivity contribution in [1.82, 2.24) is 19.4 Å². The predicted octanol–water partition coefficient (Wildman–Crippen LogP) is 3.39. The molecule has 0 bridgehead atoms. The second-order valence-corrected chi connectivity index (χ2v) is 8.57. The number of piperidine rings is 1. The van der Waals surface area contributed by atoms with Crippen molar-refractivity contribution in [2.75, 3.05) is 32.0 Å². The van der Waals surface area contributed by atoms with E-state index < -0.39 is 17.6 Å². The summed E-state index contributed by atoms with van der Waals surface area (Å²) < 4.78 is 47.3. The maximum absolute atomic E-state index is 13.2. The summed E-state index contributed by atoms with van der Waals surface area (Å²) in [5.41, 5.74) is 5.40. The Bertz CT molecular complexity index is 925. The largest absolute Gasteiger partial charge is 0.419 e. The lowest BCUT2D eigenvalue weighted by Gasteiger charge is -2.32. The monoisotopic (exact) mass is 421 g/mol. The first-order valence-corrected chi connectivity index (χ1v) is 10.6. The summed E-state index contributed by atoms with van der Waals surface area (Å²) in [6.45, 7) is 5.88. The number of hydrogen-bond acceptors (Lipinski definition) is 5. The second-order valence-electron chi connectivity index (χ2n) is 8.57. The van der Waals surface area contributed by atoms with Crippen molar-refractivity contribution in [3.05, 3.63) is 29.8 Å². The van der Waals surface area contributed by atoms with Crippen LogP contribution in [0.25, 0.3) is 11.3 Å². The number of imidazole rings is 1. The zero-order chi connectivity index (χ0) is 21.0. The van der Waals surface area contributed by atoms with E-state index in [2.05, 4.69) is 19.4 Å². The van der Waals surface area contributed by atoms with Crippen LogP contribution in [0.1, 0.15) is 37.2 Å². The van der Waals surface area contributed by atoms with Crippen LogP contribution in [0.2, 0.25) is 0 Å². The Morgan fingerprint density at radius 2 is 1.90 bits per heavy atom. The fourth-order valence-electron chi connectivity index (χ4n) is 5.22. The highest BCUT2D eigenvalue weighted by atomic mass is 19.4. The van der Waals surface area contributed by atoms with Crippen LogP contribution < -0.4 is 5.73 Å². The molecule has 2 aromatic rings. The van der Waals surface area contributed by atoms with Gasteiger partial charge in [0.25, 0.3) is 0 Å². The number of ether oxygens (including phenoxy) is 1. The number of halogens is 3. The van der Waals surface area contributed by atoms with Gasteiger partial charge in [-0.05, 0) is 30.7 Å². The second kappa shape index (κ2) is 7.23. The molecule has 0 radical (unpaired) electrons. The molecule has 0 aromatic carbocycles. The third-order valence-corrected chi connectivity index (χ3v) is 6.85. The van der Waals surface area contributed by atoms with Gasteiger partial charge in [-0.15, -0.1) is 0 Å². The third kappa shape index (κ3) is 3.37. The molecule has 3 atom stereocenters. The van der Waals surface area contributed by atoms with Crippen LogP contribution >= 0.6 is 0 Å². The molecule has 0 amide bonds. The number of rotatable bonds is 4. The first-order chi connectivity index (χ1) is 14.4. The van der Waals surface area contributed by atoms with Crippen molar-refractivity contribution in [2.45, 2.75) is 44.4 Å². The van der Waals surface area contributed by atoms with Crippen LogP contribution in [0, 0.1) is 11.8 Å². The Labute approximate surface area is 173 Å². The lowest BCUT2D eigenvalue weighted by molar-refractivity contribution is -0.137. The molecule has 9 heteroatoms. The van der Waals surface area contributed by atoms with E-state index in [0.717, 1.165) is 57.5 Å². The first-order valence-electron chi connectivity index (χ1n) is 10.6. The molecule has 2 N–H and O–H groups in total. The molecule has 1 unspecified atom stereocenters. The number of nitrogens with two attached hydrogens (primary N) is 1. The molecule has 2 saturated heterocycles. The molecule has 1 saturated carbocycles. The van der Waals surface area contributed by atoms with Gasteiger partial charge in [-0.25, -0.2) is 9.97 Å². The van der Waals surface area contributed by atoms with Gasteiger partial charge in [-0.3, -0.25) is 4.90 Å². The smallest absolute Gasteiger partial charge is 0.383 e. The van der Waals surface area contributed by atoms with E-state index in [9.17, 15) is 13.2 Å². The molecule has 0 spiro atoms. The summed E-state index contributed by atoms with van der Waals surface area (Å²) in [5, 5.41) is 0. The fourth-order valence-corrected chi connectivity index (χ4v) is 5.22. The van der Waals surface area contributed by atoms with Crippen molar-refractivity contribution in [3.63, 3.8) is 0 Å². The molecule has 6 nitrogen and oxygen atoms in total. The number of alkyl halides is 3. The fraction of sp³-hybridized carbons (Fsp3) is 0.619. The highest BCUT2D eigenvalue weighted by molar-refractivity contribution is 5.62. The Morgan fingerprint density at radius 1 is 1.20 bits per heavy atom. The van der Waals surface area contributed by atoms with Crippen molar-refractivity contribution in [2.24, 2.45) is 11.8 Å². The molecule has 2 aliphatic heterocycles. The van der Waals surface area contributed by atoms with Gasteiger partial charge in [0.2, 0.25) is 0 Å². The van der Waals surface area contributed by atoms with Gasteiger partial charge >= 0.3 is 6.18 Å². The number of nitrogens with zero attached hydrogens (tertiary/aromatic N) is 4. The normalized spacial score (nSPS) is 27.4. The van der Waals surface area contributed by atoms with Gasteiger partial charge in [0.05, 0.1) is 11.3 Å². The summed E-state index contributed by atoms with van der Waals surface area (Å²) in [5.74, 6) is 1.59. The lowest BCUT2D eigenvalue weighted by atomic mass is 10.1. The van der Waals surface area contributed by atoms with Crippen LogP contribution in [0.4, 0.5) is 19.0 Å². The molecule has 1 aliphatic carbocycles. The van der Waals surface area contributed by atoms with Gasteiger partial charge < -0.3 is 15.0 Å². The summed E-state index contributed by atoms with van der Waals surface area (Å²) in [6.07, 6.45) is 1.67. The van der Waals surface area contributed by atoms with Crippen LogP contribution in [0.3, 0.4) is 0 Å². The van der Waals surface area contributed by atoms with E-state index in [1.54, 1.807) is 0 Å². The van der Waals surface area contributed by atoms with Crippen LogP contribution in [0.5, 0.6) is 0 Å². The van der Waals surface area contributed by atoms with Crippen LogP contribution in [0.15, 0.2) is 18.5 Å². The number of aryl methyl sites for hydroxylation is 1. The van der Waals surface area contributed by atoms with Crippen molar-refractivity contribution in [1.29, 1.82) is 0 Å². The zero-order valence-electron chi connectivity index (χ0n) is 16.9. The highest BCUT2D eigenvalue weighted by Gasteiger charge is 2.58. The van der Waals surface area contributed by atoms with Crippen LogP contribution in [-0.4, -0.2) is 51.8 Å². The topological polar surface area (TPSA) is 69.2 Å². The van der Waals surface area contributed by atoms with Crippen molar-refractivity contribution < 1.29 is 17.9 Å². The molecule has 3 aliphatic rings. The Balaban J connectivity index is 1.36. The Kier molecular flexibility index (Phi) is 4.77. The van der Waals surface area contributed by atoms with E-state index in [1.807, 2.05) is 13.1 Å². The molecule has 162 valence electrons. The highest BCUT2D eigenvalue weighted by Crippen LogP contribution is 2.56. The zero-order valence-corrected chi connectivity index (χ0v) is 16.9. The average molecular weight is 421 g/mol. The summed E-state index contributed by atoms with van der Waals surface area (Å²) in [7, 11) is 0. The van der Waals surface area contributed by atoms with Gasteiger partial charge in [0.15, 0.2) is 0 Å². The van der Waals surface area contributed by atoms with E-state index >= 15 is 0 Å². The summed E-state index contributed by atoms with van der Waals surface area (Å²) in [4.78, 5) is 11.0. The SMILES string of the molecule is CCc1nc(-c2cnc(N)c(C(F)(F)F)c2)cn1C1[C@H]2CN(C3CCOCC3)C[C@@H]12. The molecule has 3 fully saturated rings. The minimum absolute atomic E-state index is 0.347. The Morgan fingerprint density at radius 3 is 2.53 bits per heavy atom. The van der Waals surface area contributed by atoms with E-state index in [0.29, 0.717) is 35.2 Å². The number of anilines is 1. The standard InChI is InChI=1S/C21H26F3N5O/c1-2-18-27-17(12-7-16(21(22,23)24)20(25)26-8-12)11-29(18)19-14-9-28(10-15(14)19)13-3-5-30-6-4-13/h7-8,11,13-15,19H,2-6,9-10H2,1H3,(H2,25,26)/t14-,15+,19?. The quantitative estimate of drug-likeness (QED) is 0.820. The summed E-state index contributed by atoms with van der Waals surface area (Å²) in [6, 6.07) is 2.06. The van der Waals surface area contributed by atoms with Crippen molar-refractivity contribution in [3.8, 4) is 11.3 Å². The van der Waals surface area contributed by atoms with Gasteiger partial charge in [0, 0.05) is 62.8 Å².